The summed E-state index contributed by atoms with van der Waals surface area (Å²) in [6, 6.07) is 19.2. The number of epoxide rings is 1. The highest BCUT2D eigenvalue weighted by atomic mass is 79.9. The summed E-state index contributed by atoms with van der Waals surface area (Å²) in [4.78, 5) is 12.1. The predicted octanol–water partition coefficient (Wildman–Crippen LogP) is 3.56. The fourth-order valence-corrected chi connectivity index (χ4v) is 3.01. The number of rotatable bonds is 4. The van der Waals surface area contributed by atoms with Crippen LogP contribution in [0.4, 0.5) is 0 Å². The number of alkyl halides is 1. The zero-order valence-corrected chi connectivity index (χ0v) is 11.8. The highest BCUT2D eigenvalue weighted by Crippen LogP contribution is 2.46. The maximum absolute atomic E-state index is 12.5. The van der Waals surface area contributed by atoms with Crippen molar-refractivity contribution in [2.24, 2.45) is 0 Å². The molecule has 0 bridgehead atoms. The van der Waals surface area contributed by atoms with E-state index in [1.807, 2.05) is 60.7 Å². The van der Waals surface area contributed by atoms with Gasteiger partial charge in [0.1, 0.15) is 10.4 Å². The molecule has 0 spiro atoms. The molecule has 2 aromatic rings. The van der Waals surface area contributed by atoms with E-state index in [4.69, 9.17) is 4.74 Å². The first-order valence-electron chi connectivity index (χ1n) is 6.17. The first-order chi connectivity index (χ1) is 9.24. The van der Waals surface area contributed by atoms with Gasteiger partial charge in [-0.2, -0.15) is 0 Å². The number of halogens is 1. The minimum atomic E-state index is -0.506. The van der Waals surface area contributed by atoms with Crippen LogP contribution in [-0.2, 0) is 10.3 Å². The summed E-state index contributed by atoms with van der Waals surface area (Å²) < 4.78 is 5.62. The third-order valence-corrected chi connectivity index (χ3v) is 4.57. The SMILES string of the molecule is O=C(c1ccccc1)C(Br)C1(c2ccccc2)CO1. The molecule has 1 fully saturated rings. The Morgan fingerprint density at radius 1 is 1.05 bits per heavy atom. The van der Waals surface area contributed by atoms with Crippen molar-refractivity contribution >= 4 is 21.7 Å². The van der Waals surface area contributed by atoms with Gasteiger partial charge >= 0.3 is 0 Å². The quantitative estimate of drug-likeness (QED) is 0.490. The number of ketones is 1. The second kappa shape index (κ2) is 4.91. The summed E-state index contributed by atoms with van der Waals surface area (Å²) in [6.45, 7) is 0.575. The molecule has 0 saturated carbocycles. The van der Waals surface area contributed by atoms with E-state index in [9.17, 15) is 4.79 Å². The van der Waals surface area contributed by atoms with Crippen molar-refractivity contribution in [2.45, 2.75) is 10.4 Å². The Kier molecular flexibility index (Phi) is 3.25. The maximum Gasteiger partial charge on any atom is 0.179 e. The number of ether oxygens (including phenoxy) is 1. The summed E-state index contributed by atoms with van der Waals surface area (Å²) in [5, 5.41) is 0. The van der Waals surface area contributed by atoms with E-state index in [0.29, 0.717) is 12.2 Å². The Hall–Kier alpha value is -1.45. The average Bonchev–Trinajstić information content (AvgIpc) is 3.29. The van der Waals surface area contributed by atoms with Crippen molar-refractivity contribution in [3.63, 3.8) is 0 Å². The van der Waals surface area contributed by atoms with Gasteiger partial charge in [0, 0.05) is 5.56 Å². The summed E-state index contributed by atoms with van der Waals surface area (Å²) in [7, 11) is 0. The number of carbonyl (C=O) groups is 1. The molecule has 19 heavy (non-hydrogen) atoms. The first-order valence-corrected chi connectivity index (χ1v) is 7.08. The molecule has 0 N–H and O–H groups in total. The van der Waals surface area contributed by atoms with Gasteiger partial charge in [-0.1, -0.05) is 76.6 Å². The lowest BCUT2D eigenvalue weighted by atomic mass is 9.92. The molecule has 3 heteroatoms. The largest absolute Gasteiger partial charge is 0.363 e. The van der Waals surface area contributed by atoms with Crippen LogP contribution in [-0.4, -0.2) is 17.2 Å². The number of carbonyl (C=O) groups excluding carboxylic acids is 1. The van der Waals surface area contributed by atoms with E-state index in [0.717, 1.165) is 5.56 Å². The second-order valence-corrected chi connectivity index (χ2v) is 5.55. The number of hydrogen-bond acceptors (Lipinski definition) is 2. The molecular formula is C16H13BrO2. The van der Waals surface area contributed by atoms with Gasteiger partial charge in [0.25, 0.3) is 0 Å². The van der Waals surface area contributed by atoms with E-state index < -0.39 is 5.60 Å². The van der Waals surface area contributed by atoms with Gasteiger partial charge in [0.15, 0.2) is 5.78 Å². The van der Waals surface area contributed by atoms with Crippen molar-refractivity contribution in [3.05, 3.63) is 71.8 Å². The minimum Gasteiger partial charge on any atom is -0.363 e. The summed E-state index contributed by atoms with van der Waals surface area (Å²) in [5.41, 5.74) is 1.24. The topological polar surface area (TPSA) is 29.6 Å². The molecule has 2 aromatic carbocycles. The molecular weight excluding hydrogens is 304 g/mol. The van der Waals surface area contributed by atoms with Crippen molar-refractivity contribution in [2.75, 3.05) is 6.61 Å². The standard InChI is InChI=1S/C16H13BrO2/c17-15(14(18)12-7-3-1-4-8-12)16(11-19-16)13-9-5-2-6-10-13/h1-10,15H,11H2. The number of benzene rings is 2. The monoisotopic (exact) mass is 316 g/mol. The van der Waals surface area contributed by atoms with Gasteiger partial charge in [0.05, 0.1) is 6.61 Å². The third kappa shape index (κ3) is 2.24. The normalized spacial score (nSPS) is 22.8. The summed E-state index contributed by atoms with van der Waals surface area (Å²) >= 11 is 3.53. The Bertz CT molecular complexity index is 576. The lowest BCUT2D eigenvalue weighted by Crippen LogP contribution is -2.30. The smallest absolute Gasteiger partial charge is 0.179 e. The molecule has 0 aliphatic carbocycles. The van der Waals surface area contributed by atoms with E-state index in [1.165, 1.54) is 0 Å². The molecule has 2 nitrogen and oxygen atoms in total. The molecule has 1 heterocycles. The minimum absolute atomic E-state index is 0.0574. The molecule has 0 amide bonds. The van der Waals surface area contributed by atoms with Gasteiger partial charge in [-0.15, -0.1) is 0 Å². The van der Waals surface area contributed by atoms with E-state index in [1.54, 1.807) is 0 Å². The summed E-state index contributed by atoms with van der Waals surface area (Å²) in [5.74, 6) is 0.0574. The molecule has 1 aliphatic heterocycles. The van der Waals surface area contributed by atoms with Crippen molar-refractivity contribution in [1.82, 2.24) is 0 Å². The maximum atomic E-state index is 12.5. The van der Waals surface area contributed by atoms with Crippen LogP contribution >= 0.6 is 15.9 Å². The Morgan fingerprint density at radius 2 is 1.58 bits per heavy atom. The van der Waals surface area contributed by atoms with Crippen LogP contribution in [0.25, 0.3) is 0 Å². The van der Waals surface area contributed by atoms with Crippen LogP contribution in [0.1, 0.15) is 15.9 Å². The molecule has 1 saturated heterocycles. The number of Topliss-reactive ketones (excluding diaryl/α,β-unsaturated/α-hetero) is 1. The Balaban J connectivity index is 1.89. The van der Waals surface area contributed by atoms with Crippen molar-refractivity contribution < 1.29 is 9.53 Å². The van der Waals surface area contributed by atoms with E-state index in [2.05, 4.69) is 15.9 Å². The zero-order chi connectivity index (χ0) is 13.3. The molecule has 1 aliphatic rings. The lowest BCUT2D eigenvalue weighted by molar-refractivity contribution is 0.0957. The van der Waals surface area contributed by atoms with Crippen molar-refractivity contribution in [1.29, 1.82) is 0 Å². The fourth-order valence-electron chi connectivity index (χ4n) is 2.22. The highest BCUT2D eigenvalue weighted by Gasteiger charge is 2.54. The van der Waals surface area contributed by atoms with Crippen LogP contribution in [0.15, 0.2) is 60.7 Å². The van der Waals surface area contributed by atoms with Gasteiger partial charge in [0.2, 0.25) is 0 Å². The van der Waals surface area contributed by atoms with Crippen LogP contribution in [0.2, 0.25) is 0 Å². The highest BCUT2D eigenvalue weighted by molar-refractivity contribution is 9.10. The van der Waals surface area contributed by atoms with Crippen LogP contribution < -0.4 is 0 Å². The van der Waals surface area contributed by atoms with Gasteiger partial charge < -0.3 is 4.74 Å². The van der Waals surface area contributed by atoms with E-state index >= 15 is 0 Å². The molecule has 96 valence electrons. The molecule has 0 aromatic heterocycles. The van der Waals surface area contributed by atoms with Gasteiger partial charge in [-0.25, -0.2) is 0 Å². The Morgan fingerprint density at radius 3 is 2.11 bits per heavy atom. The first kappa shape index (κ1) is 12.6. The van der Waals surface area contributed by atoms with E-state index in [-0.39, 0.29) is 10.6 Å². The van der Waals surface area contributed by atoms with Crippen LogP contribution in [0, 0.1) is 0 Å². The predicted molar refractivity (Wildman–Crippen MR) is 77.6 cm³/mol. The average molecular weight is 317 g/mol. The zero-order valence-electron chi connectivity index (χ0n) is 10.3. The fraction of sp³-hybridized carbons (Fsp3) is 0.188. The summed E-state index contributed by atoms with van der Waals surface area (Å²) in [6.07, 6.45) is 0. The van der Waals surface area contributed by atoms with Crippen LogP contribution in [0.5, 0.6) is 0 Å². The third-order valence-electron chi connectivity index (χ3n) is 3.42. The molecule has 3 rings (SSSR count). The van der Waals surface area contributed by atoms with Gasteiger partial charge in [-0.3, -0.25) is 4.79 Å². The number of hydrogen-bond donors (Lipinski definition) is 0. The molecule has 2 unspecified atom stereocenters. The lowest BCUT2D eigenvalue weighted by Gasteiger charge is -2.18. The second-order valence-electron chi connectivity index (χ2n) is 4.64. The van der Waals surface area contributed by atoms with Gasteiger partial charge in [-0.05, 0) is 5.56 Å². The van der Waals surface area contributed by atoms with Crippen molar-refractivity contribution in [3.8, 4) is 0 Å². The Labute approximate surface area is 120 Å². The molecule has 0 radical (unpaired) electrons. The molecule has 2 atom stereocenters. The van der Waals surface area contributed by atoms with Crippen LogP contribution in [0.3, 0.4) is 0 Å².